The van der Waals surface area contributed by atoms with E-state index in [2.05, 4.69) is 48.3 Å². The molecular formula is C30H35N3O2S2. The zero-order chi connectivity index (χ0) is 25.7. The number of para-hydroxylation sites is 1. The van der Waals surface area contributed by atoms with Crippen LogP contribution in [0.15, 0.2) is 58.4 Å². The number of aryl methyl sites for hydroxylation is 1. The Balaban J connectivity index is 1.35. The van der Waals surface area contributed by atoms with Crippen LogP contribution in [0.4, 0.5) is 11.4 Å². The van der Waals surface area contributed by atoms with Crippen LogP contribution >= 0.6 is 23.1 Å². The number of aromatic nitrogens is 1. The first-order valence-electron chi connectivity index (χ1n) is 13.6. The van der Waals surface area contributed by atoms with Gasteiger partial charge in [0.25, 0.3) is 0 Å². The molecule has 2 saturated carbocycles. The van der Waals surface area contributed by atoms with E-state index in [9.17, 15) is 9.59 Å². The quantitative estimate of drug-likeness (QED) is 0.384. The number of benzene rings is 2. The molecule has 2 fully saturated rings. The standard InChI is InChI=1S/C30H35N3O2S2/c1-4-32(5-2)22-14-12-19(13-15-22)25-26-20-10-11-21(16-20)27(26)36-29-28(25)37-30(35)33(29)17-24(34)31-23-9-7-6-8-18(23)3/h6-9,12-15,20-21,25-27H,4-5,10-11,16-17H2,1-3H3,(H,31,34)/t20?,21?,25-,26?,27?/m0/s1. The molecule has 5 nitrogen and oxygen atoms in total. The summed E-state index contributed by atoms with van der Waals surface area (Å²) in [5, 5.41) is 4.57. The number of anilines is 2. The molecule has 7 heteroatoms. The Labute approximate surface area is 227 Å². The number of hydrogen-bond acceptors (Lipinski definition) is 5. The minimum absolute atomic E-state index is 0.0190. The number of nitrogens with zero attached hydrogens (tertiary/aromatic N) is 2. The van der Waals surface area contributed by atoms with E-state index in [1.165, 1.54) is 46.7 Å². The van der Waals surface area contributed by atoms with Gasteiger partial charge in [-0.15, -0.1) is 11.8 Å². The first-order chi connectivity index (χ1) is 18.0. The van der Waals surface area contributed by atoms with Crippen molar-refractivity contribution in [3.8, 4) is 0 Å². The van der Waals surface area contributed by atoms with Crippen LogP contribution in [0.3, 0.4) is 0 Å². The minimum atomic E-state index is -0.146. The number of rotatable bonds is 7. The number of nitrogens with one attached hydrogen (secondary N) is 1. The molecule has 2 bridgehead atoms. The second-order valence-corrected chi connectivity index (χ2v) is 12.9. The number of carbonyl (C=O) groups is 1. The lowest BCUT2D eigenvalue weighted by atomic mass is 9.75. The summed E-state index contributed by atoms with van der Waals surface area (Å²) in [7, 11) is 0. The maximum absolute atomic E-state index is 13.3. The molecule has 4 unspecified atom stereocenters. The van der Waals surface area contributed by atoms with Gasteiger partial charge in [-0.05, 0) is 87.1 Å². The van der Waals surface area contributed by atoms with Crippen LogP contribution in [0.1, 0.15) is 55.0 Å². The lowest BCUT2D eigenvalue weighted by molar-refractivity contribution is -0.116. The zero-order valence-corrected chi connectivity index (χ0v) is 23.4. The van der Waals surface area contributed by atoms with Crippen molar-refractivity contribution in [2.75, 3.05) is 23.3 Å². The van der Waals surface area contributed by atoms with Gasteiger partial charge in [0.05, 0.1) is 5.03 Å². The van der Waals surface area contributed by atoms with Crippen LogP contribution in [0.2, 0.25) is 0 Å². The predicted octanol–water partition coefficient (Wildman–Crippen LogP) is 6.36. The molecule has 0 spiro atoms. The van der Waals surface area contributed by atoms with Gasteiger partial charge in [-0.3, -0.25) is 14.2 Å². The zero-order valence-electron chi connectivity index (χ0n) is 21.8. The van der Waals surface area contributed by atoms with Crippen LogP contribution in [0.5, 0.6) is 0 Å². The van der Waals surface area contributed by atoms with Crippen molar-refractivity contribution in [1.82, 2.24) is 4.57 Å². The lowest BCUT2D eigenvalue weighted by Crippen LogP contribution is -2.35. The Morgan fingerprint density at radius 3 is 2.51 bits per heavy atom. The van der Waals surface area contributed by atoms with Crippen LogP contribution in [0.25, 0.3) is 0 Å². The van der Waals surface area contributed by atoms with Crippen molar-refractivity contribution in [2.45, 2.75) is 62.8 Å². The molecule has 1 aromatic heterocycles. The second kappa shape index (κ2) is 9.99. The third kappa shape index (κ3) is 4.34. The number of thiazole rings is 1. The van der Waals surface area contributed by atoms with Gasteiger partial charge < -0.3 is 10.2 Å². The Morgan fingerprint density at radius 1 is 1.05 bits per heavy atom. The SMILES string of the molecule is CCN(CC)c1ccc([C@@H]2c3sc(=O)n(CC(=O)Nc4ccccc4C)c3SC3C4CCC(C4)C32)cc1. The highest BCUT2D eigenvalue weighted by atomic mass is 32.2. The van der Waals surface area contributed by atoms with Gasteiger partial charge in [-0.1, -0.05) is 41.7 Å². The van der Waals surface area contributed by atoms with Crippen molar-refractivity contribution in [3.63, 3.8) is 0 Å². The van der Waals surface area contributed by atoms with Gasteiger partial charge in [0.2, 0.25) is 5.91 Å². The first-order valence-corrected chi connectivity index (χ1v) is 15.3. The van der Waals surface area contributed by atoms with E-state index in [1.807, 2.05) is 43.0 Å². The second-order valence-electron chi connectivity index (χ2n) is 10.7. The van der Waals surface area contributed by atoms with E-state index >= 15 is 0 Å². The van der Waals surface area contributed by atoms with Gasteiger partial charge in [0, 0.05) is 40.5 Å². The lowest BCUT2D eigenvalue weighted by Gasteiger charge is -2.40. The van der Waals surface area contributed by atoms with Gasteiger partial charge in [-0.25, -0.2) is 0 Å². The fraction of sp³-hybridized carbons (Fsp3) is 0.467. The molecule has 2 heterocycles. The van der Waals surface area contributed by atoms with Crippen molar-refractivity contribution < 1.29 is 4.79 Å². The molecule has 37 heavy (non-hydrogen) atoms. The van der Waals surface area contributed by atoms with E-state index < -0.39 is 0 Å². The molecule has 3 aromatic rings. The first kappa shape index (κ1) is 24.8. The topological polar surface area (TPSA) is 54.3 Å². The fourth-order valence-electron chi connectivity index (χ4n) is 6.99. The van der Waals surface area contributed by atoms with E-state index in [0.29, 0.717) is 11.2 Å². The van der Waals surface area contributed by atoms with Gasteiger partial charge >= 0.3 is 4.87 Å². The summed E-state index contributed by atoms with van der Waals surface area (Å²) in [6.07, 6.45) is 3.91. The average Bonchev–Trinajstić information content (AvgIpc) is 3.60. The number of carbonyl (C=O) groups excluding carboxylic acids is 1. The third-order valence-electron chi connectivity index (χ3n) is 8.79. The number of hydrogen-bond donors (Lipinski definition) is 1. The Hall–Kier alpha value is -2.51. The third-order valence-corrected chi connectivity index (χ3v) is 11.6. The number of thioether (sulfide) groups is 1. The molecule has 1 aliphatic heterocycles. The van der Waals surface area contributed by atoms with E-state index in [0.717, 1.165) is 41.2 Å². The van der Waals surface area contributed by atoms with Crippen molar-refractivity contribution in [1.29, 1.82) is 0 Å². The van der Waals surface area contributed by atoms with Crippen molar-refractivity contribution in [2.24, 2.45) is 17.8 Å². The molecule has 1 N–H and O–H groups in total. The van der Waals surface area contributed by atoms with Crippen LogP contribution in [-0.4, -0.2) is 28.8 Å². The molecule has 2 aliphatic carbocycles. The summed E-state index contributed by atoms with van der Waals surface area (Å²) in [6, 6.07) is 16.9. The smallest absolute Gasteiger partial charge is 0.308 e. The van der Waals surface area contributed by atoms with Crippen LogP contribution in [-0.2, 0) is 11.3 Å². The average molecular weight is 534 g/mol. The minimum Gasteiger partial charge on any atom is -0.372 e. The highest BCUT2D eigenvalue weighted by Gasteiger charge is 2.55. The normalized spacial score (nSPS) is 25.5. The summed E-state index contributed by atoms with van der Waals surface area (Å²) in [5.74, 6) is 2.12. The monoisotopic (exact) mass is 533 g/mol. The Kier molecular flexibility index (Phi) is 6.70. The molecule has 3 aliphatic rings. The fourth-order valence-corrected chi connectivity index (χ4v) is 10.1. The van der Waals surface area contributed by atoms with E-state index in [-0.39, 0.29) is 23.2 Å². The Bertz CT molecular complexity index is 1360. The highest BCUT2D eigenvalue weighted by molar-refractivity contribution is 8.00. The molecule has 0 saturated heterocycles. The van der Waals surface area contributed by atoms with E-state index in [1.54, 1.807) is 4.57 Å². The maximum Gasteiger partial charge on any atom is 0.308 e. The molecule has 1 amide bonds. The molecule has 5 atom stereocenters. The highest BCUT2D eigenvalue weighted by Crippen LogP contribution is 2.64. The summed E-state index contributed by atoms with van der Waals surface area (Å²) >= 11 is 3.25. The molecular weight excluding hydrogens is 498 g/mol. The van der Waals surface area contributed by atoms with Gasteiger partial charge in [0.15, 0.2) is 0 Å². The van der Waals surface area contributed by atoms with Crippen LogP contribution < -0.4 is 15.1 Å². The molecule has 6 rings (SSSR count). The van der Waals surface area contributed by atoms with Gasteiger partial charge in [-0.2, -0.15) is 0 Å². The molecule has 0 radical (unpaired) electrons. The van der Waals surface area contributed by atoms with Crippen LogP contribution in [0, 0.1) is 24.7 Å². The predicted molar refractivity (Wildman–Crippen MR) is 154 cm³/mol. The summed E-state index contributed by atoms with van der Waals surface area (Å²) in [6.45, 7) is 8.41. The summed E-state index contributed by atoms with van der Waals surface area (Å²) in [4.78, 5) is 29.9. The van der Waals surface area contributed by atoms with Gasteiger partial charge in [0.1, 0.15) is 6.54 Å². The van der Waals surface area contributed by atoms with Crippen molar-refractivity contribution in [3.05, 3.63) is 74.2 Å². The largest absolute Gasteiger partial charge is 0.372 e. The maximum atomic E-state index is 13.3. The molecule has 194 valence electrons. The number of fused-ring (bicyclic) bond motifs is 6. The van der Waals surface area contributed by atoms with Crippen molar-refractivity contribution >= 4 is 40.4 Å². The number of amides is 1. The summed E-state index contributed by atoms with van der Waals surface area (Å²) in [5.41, 5.74) is 4.39. The Morgan fingerprint density at radius 2 is 1.78 bits per heavy atom. The van der Waals surface area contributed by atoms with E-state index in [4.69, 9.17) is 0 Å². The summed E-state index contributed by atoms with van der Waals surface area (Å²) < 4.78 is 1.75. The molecule has 2 aromatic carbocycles.